The molecule has 2 heterocycles. The van der Waals surface area contributed by atoms with Crippen LogP contribution in [0.15, 0.2) is 24.3 Å². The summed E-state index contributed by atoms with van der Waals surface area (Å²) >= 11 is 0. The second-order valence-corrected chi connectivity index (χ2v) is 8.44. The van der Waals surface area contributed by atoms with E-state index in [1.807, 2.05) is 19.0 Å². The van der Waals surface area contributed by atoms with Gasteiger partial charge in [-0.1, -0.05) is 6.07 Å². The van der Waals surface area contributed by atoms with E-state index in [1.54, 1.807) is 0 Å². The van der Waals surface area contributed by atoms with Gasteiger partial charge in [-0.25, -0.2) is 4.79 Å². The molecule has 2 N–H and O–H groups in total. The molecule has 1 aromatic carbocycles. The number of amides is 4. The minimum absolute atomic E-state index is 0.0562. The van der Waals surface area contributed by atoms with Crippen LogP contribution in [-0.2, 0) is 9.59 Å². The van der Waals surface area contributed by atoms with Crippen LogP contribution in [0.2, 0.25) is 0 Å². The fourth-order valence-electron chi connectivity index (χ4n) is 4.39. The first-order valence-electron chi connectivity index (χ1n) is 10.3. The van der Waals surface area contributed by atoms with Gasteiger partial charge in [-0.15, -0.1) is 0 Å². The molecule has 1 atom stereocenters. The number of urea groups is 1. The van der Waals surface area contributed by atoms with Crippen molar-refractivity contribution in [2.45, 2.75) is 31.2 Å². The Hall–Kier alpha value is -2.77. The summed E-state index contributed by atoms with van der Waals surface area (Å²) in [4.78, 5) is 43.0. The van der Waals surface area contributed by atoms with Crippen LogP contribution in [0, 0.1) is 5.92 Å². The van der Waals surface area contributed by atoms with Gasteiger partial charge in [0.1, 0.15) is 5.54 Å². The van der Waals surface area contributed by atoms with Crippen LogP contribution in [-0.4, -0.2) is 68.6 Å². The SMILES string of the molecule is CN(C)c1cccc(N2CCN(C(=O)CCC3(C4CC4)NC(=O)NC3=O)CC2)c1. The number of hydrogen-bond donors (Lipinski definition) is 2. The predicted octanol–water partition coefficient (Wildman–Crippen LogP) is 1.17. The van der Waals surface area contributed by atoms with Gasteiger partial charge in [0.15, 0.2) is 0 Å². The van der Waals surface area contributed by atoms with Crippen LogP contribution in [0.5, 0.6) is 0 Å². The molecule has 4 rings (SSSR count). The van der Waals surface area contributed by atoms with E-state index in [1.165, 1.54) is 5.69 Å². The highest BCUT2D eigenvalue weighted by molar-refractivity contribution is 6.07. The molecule has 8 nitrogen and oxygen atoms in total. The van der Waals surface area contributed by atoms with Crippen LogP contribution < -0.4 is 20.4 Å². The molecule has 0 spiro atoms. The van der Waals surface area contributed by atoms with Gasteiger partial charge in [-0.3, -0.25) is 14.9 Å². The van der Waals surface area contributed by atoms with Crippen LogP contribution >= 0.6 is 0 Å². The first-order chi connectivity index (χ1) is 13.9. The Kier molecular flexibility index (Phi) is 5.10. The average molecular weight is 399 g/mol. The van der Waals surface area contributed by atoms with Gasteiger partial charge in [-0.05, 0) is 43.4 Å². The smallest absolute Gasteiger partial charge is 0.322 e. The lowest BCUT2D eigenvalue weighted by molar-refractivity contribution is -0.132. The van der Waals surface area contributed by atoms with Crippen molar-refractivity contribution in [3.8, 4) is 0 Å². The summed E-state index contributed by atoms with van der Waals surface area (Å²) in [5, 5.41) is 5.14. The number of piperazine rings is 1. The van der Waals surface area contributed by atoms with Crippen molar-refractivity contribution >= 4 is 29.2 Å². The normalized spacial score (nSPS) is 24.3. The van der Waals surface area contributed by atoms with E-state index < -0.39 is 11.6 Å². The average Bonchev–Trinajstić information content (AvgIpc) is 3.52. The lowest BCUT2D eigenvalue weighted by Crippen LogP contribution is -2.51. The third-order valence-corrected chi connectivity index (χ3v) is 6.32. The van der Waals surface area contributed by atoms with Gasteiger partial charge >= 0.3 is 6.03 Å². The fourth-order valence-corrected chi connectivity index (χ4v) is 4.39. The Balaban J connectivity index is 1.32. The first kappa shape index (κ1) is 19.5. The highest BCUT2D eigenvalue weighted by Gasteiger charge is 2.55. The largest absolute Gasteiger partial charge is 0.378 e. The lowest BCUT2D eigenvalue weighted by atomic mass is 9.87. The van der Waals surface area contributed by atoms with Gasteiger partial charge in [-0.2, -0.15) is 0 Å². The molecule has 4 amide bonds. The van der Waals surface area contributed by atoms with Crippen molar-refractivity contribution in [1.82, 2.24) is 15.5 Å². The maximum Gasteiger partial charge on any atom is 0.322 e. The summed E-state index contributed by atoms with van der Waals surface area (Å²) in [5.74, 6) is -0.0633. The van der Waals surface area contributed by atoms with E-state index in [4.69, 9.17) is 0 Å². The molecule has 1 aliphatic carbocycles. The summed E-state index contributed by atoms with van der Waals surface area (Å²) in [6, 6.07) is 7.96. The Morgan fingerprint density at radius 1 is 1.17 bits per heavy atom. The van der Waals surface area contributed by atoms with Crippen LogP contribution in [0.4, 0.5) is 16.2 Å². The van der Waals surface area contributed by atoms with Gasteiger partial charge < -0.3 is 20.0 Å². The van der Waals surface area contributed by atoms with Crippen molar-refractivity contribution in [1.29, 1.82) is 0 Å². The van der Waals surface area contributed by atoms with Crippen LogP contribution in [0.3, 0.4) is 0 Å². The molecule has 3 aliphatic rings. The highest BCUT2D eigenvalue weighted by Crippen LogP contribution is 2.43. The minimum atomic E-state index is -0.888. The Bertz CT molecular complexity index is 814. The van der Waals surface area contributed by atoms with Crippen molar-refractivity contribution in [3.05, 3.63) is 24.3 Å². The van der Waals surface area contributed by atoms with Crippen molar-refractivity contribution in [2.75, 3.05) is 50.1 Å². The van der Waals surface area contributed by atoms with E-state index in [9.17, 15) is 14.4 Å². The number of anilines is 2. The Morgan fingerprint density at radius 2 is 1.90 bits per heavy atom. The number of benzene rings is 1. The standard InChI is InChI=1S/C21H29N5O3/c1-24(2)16-4-3-5-17(14-16)25-10-12-26(13-11-25)18(27)8-9-21(15-6-7-15)19(28)22-20(29)23-21/h3-5,14-15H,6-13H2,1-2H3,(H2,22,23,28,29). The van der Waals surface area contributed by atoms with Gasteiger partial charge in [0, 0.05) is 58.1 Å². The van der Waals surface area contributed by atoms with Gasteiger partial charge in [0.2, 0.25) is 5.91 Å². The molecule has 1 aromatic rings. The molecule has 1 saturated carbocycles. The topological polar surface area (TPSA) is 85.0 Å². The maximum atomic E-state index is 12.8. The first-order valence-corrected chi connectivity index (χ1v) is 10.3. The number of carbonyl (C=O) groups is 3. The summed E-state index contributed by atoms with van der Waals surface area (Å²) in [5.41, 5.74) is 1.44. The molecule has 0 radical (unpaired) electrons. The Labute approximate surface area is 171 Å². The van der Waals surface area contributed by atoms with E-state index in [0.29, 0.717) is 19.5 Å². The number of rotatable bonds is 6. The zero-order valence-electron chi connectivity index (χ0n) is 17.1. The van der Waals surface area contributed by atoms with E-state index >= 15 is 0 Å². The number of carbonyl (C=O) groups excluding carboxylic acids is 3. The zero-order valence-corrected chi connectivity index (χ0v) is 17.1. The quantitative estimate of drug-likeness (QED) is 0.702. The molecule has 0 bridgehead atoms. The molecule has 1 unspecified atom stereocenters. The monoisotopic (exact) mass is 399 g/mol. The predicted molar refractivity (Wildman–Crippen MR) is 111 cm³/mol. The summed E-state index contributed by atoms with van der Waals surface area (Å²) < 4.78 is 0. The van der Waals surface area contributed by atoms with E-state index in [0.717, 1.165) is 31.6 Å². The summed E-state index contributed by atoms with van der Waals surface area (Å²) in [6.07, 6.45) is 2.50. The number of imide groups is 1. The molecule has 29 heavy (non-hydrogen) atoms. The molecule has 8 heteroatoms. The number of nitrogens with one attached hydrogen (secondary N) is 2. The molecule has 0 aromatic heterocycles. The zero-order chi connectivity index (χ0) is 20.6. The van der Waals surface area contributed by atoms with Crippen molar-refractivity contribution < 1.29 is 14.4 Å². The minimum Gasteiger partial charge on any atom is -0.378 e. The summed E-state index contributed by atoms with van der Waals surface area (Å²) in [7, 11) is 4.05. The third kappa shape index (κ3) is 3.88. The van der Waals surface area contributed by atoms with Crippen molar-refractivity contribution in [2.24, 2.45) is 5.92 Å². The van der Waals surface area contributed by atoms with E-state index in [2.05, 4.69) is 44.7 Å². The lowest BCUT2D eigenvalue weighted by Gasteiger charge is -2.37. The number of nitrogens with zero attached hydrogens (tertiary/aromatic N) is 3. The molecule has 2 saturated heterocycles. The molecular formula is C21H29N5O3. The van der Waals surface area contributed by atoms with Gasteiger partial charge in [0.25, 0.3) is 5.91 Å². The molecular weight excluding hydrogens is 370 g/mol. The second kappa shape index (κ2) is 7.57. The van der Waals surface area contributed by atoms with E-state index in [-0.39, 0.29) is 24.2 Å². The maximum absolute atomic E-state index is 12.8. The summed E-state index contributed by atoms with van der Waals surface area (Å²) in [6.45, 7) is 2.90. The molecule has 2 aliphatic heterocycles. The van der Waals surface area contributed by atoms with Gasteiger partial charge in [0.05, 0.1) is 0 Å². The van der Waals surface area contributed by atoms with Crippen molar-refractivity contribution in [3.63, 3.8) is 0 Å². The van der Waals surface area contributed by atoms with Crippen LogP contribution in [0.1, 0.15) is 25.7 Å². The molecule has 156 valence electrons. The Morgan fingerprint density at radius 3 is 2.48 bits per heavy atom. The van der Waals surface area contributed by atoms with Crippen LogP contribution in [0.25, 0.3) is 0 Å². The number of hydrogen-bond acceptors (Lipinski definition) is 5. The molecule has 3 fully saturated rings. The fraction of sp³-hybridized carbons (Fsp3) is 0.571. The second-order valence-electron chi connectivity index (χ2n) is 8.44. The highest BCUT2D eigenvalue weighted by atomic mass is 16.2. The third-order valence-electron chi connectivity index (χ3n) is 6.32.